The maximum atomic E-state index is 11.8. The predicted octanol–water partition coefficient (Wildman–Crippen LogP) is 0.964. The Morgan fingerprint density at radius 3 is 2.56 bits per heavy atom. The van der Waals surface area contributed by atoms with Gasteiger partial charge >= 0.3 is 0 Å². The Morgan fingerprint density at radius 2 is 2.00 bits per heavy atom. The molecule has 0 bridgehead atoms. The summed E-state index contributed by atoms with van der Waals surface area (Å²) in [6.07, 6.45) is 1.24. The van der Waals surface area contributed by atoms with Crippen molar-refractivity contribution in [3.63, 3.8) is 0 Å². The van der Waals surface area contributed by atoms with Crippen LogP contribution in [-0.4, -0.2) is 17.9 Å². The number of benzene rings is 1. The molecule has 18 heavy (non-hydrogen) atoms. The van der Waals surface area contributed by atoms with Crippen molar-refractivity contribution in [2.75, 3.05) is 0 Å². The monoisotopic (exact) mass is 245 g/mol. The van der Waals surface area contributed by atoms with E-state index < -0.39 is 11.9 Å². The number of nitrogens with two attached hydrogens (primary N) is 1. The molecule has 0 radical (unpaired) electrons. The van der Waals surface area contributed by atoms with E-state index in [2.05, 4.69) is 5.32 Å². The zero-order chi connectivity index (χ0) is 13.4. The van der Waals surface area contributed by atoms with Gasteiger partial charge in [0.25, 0.3) is 5.91 Å². The van der Waals surface area contributed by atoms with Gasteiger partial charge in [-0.1, -0.05) is 18.2 Å². The summed E-state index contributed by atoms with van der Waals surface area (Å²) in [6, 6.07) is 9.84. The smallest absolute Gasteiger partial charge is 0.251 e. The van der Waals surface area contributed by atoms with E-state index in [9.17, 15) is 9.59 Å². The number of hydrogen-bond acceptors (Lipinski definition) is 3. The Labute approximate surface area is 106 Å². The molecule has 0 aromatic heterocycles. The Bertz CT molecular complexity index is 451. The highest BCUT2D eigenvalue weighted by atomic mass is 16.2. The predicted molar refractivity (Wildman–Crippen MR) is 66.4 cm³/mol. The third-order valence-electron chi connectivity index (χ3n) is 2.47. The van der Waals surface area contributed by atoms with E-state index in [1.165, 1.54) is 0 Å². The van der Waals surface area contributed by atoms with E-state index >= 15 is 0 Å². The van der Waals surface area contributed by atoms with Crippen LogP contribution in [0.1, 0.15) is 29.6 Å². The first-order chi connectivity index (χ1) is 8.65. The molecule has 94 valence electrons. The van der Waals surface area contributed by atoms with Gasteiger partial charge in [-0.05, 0) is 25.0 Å². The van der Waals surface area contributed by atoms with E-state index in [1.807, 2.05) is 6.07 Å². The third-order valence-corrected chi connectivity index (χ3v) is 2.47. The van der Waals surface area contributed by atoms with Crippen LogP contribution in [-0.2, 0) is 4.79 Å². The maximum Gasteiger partial charge on any atom is 0.251 e. The number of carbonyl (C=O) groups is 2. The molecule has 3 N–H and O–H groups in total. The molecule has 5 nitrogen and oxygen atoms in total. The molecule has 0 spiro atoms. The highest BCUT2D eigenvalue weighted by Gasteiger charge is 2.18. The number of primary amides is 1. The fourth-order valence-electron chi connectivity index (χ4n) is 1.50. The number of nitrogens with zero attached hydrogens (tertiary/aromatic N) is 1. The molecular formula is C13H15N3O2. The van der Waals surface area contributed by atoms with Crippen LogP contribution in [0.5, 0.6) is 0 Å². The molecule has 0 aliphatic carbocycles. The number of unbranched alkanes of at least 4 members (excludes halogenated alkanes) is 1. The average molecular weight is 245 g/mol. The molecule has 0 saturated heterocycles. The van der Waals surface area contributed by atoms with Gasteiger partial charge in [0.05, 0.1) is 6.07 Å². The SMILES string of the molecule is N#CCCC[C@H](NC(=O)c1ccccc1)C(N)=O. The lowest BCUT2D eigenvalue weighted by atomic mass is 10.1. The Kier molecular flexibility index (Phi) is 5.39. The van der Waals surface area contributed by atoms with Gasteiger partial charge in [-0.2, -0.15) is 5.26 Å². The number of hydrogen-bond donors (Lipinski definition) is 2. The number of amides is 2. The molecule has 0 heterocycles. The minimum absolute atomic E-state index is 0.337. The van der Waals surface area contributed by atoms with Gasteiger partial charge in [0.15, 0.2) is 0 Å². The molecule has 0 fully saturated rings. The molecule has 1 atom stereocenters. The van der Waals surface area contributed by atoms with Crippen molar-refractivity contribution in [3.8, 4) is 6.07 Å². The largest absolute Gasteiger partial charge is 0.368 e. The lowest BCUT2D eigenvalue weighted by molar-refractivity contribution is -0.120. The second-order valence-electron chi connectivity index (χ2n) is 3.84. The number of carbonyl (C=O) groups excluding carboxylic acids is 2. The van der Waals surface area contributed by atoms with Gasteiger partial charge in [-0.3, -0.25) is 9.59 Å². The second kappa shape index (κ2) is 7.07. The lowest BCUT2D eigenvalue weighted by Gasteiger charge is -2.14. The van der Waals surface area contributed by atoms with Crippen LogP contribution in [0.15, 0.2) is 30.3 Å². The van der Waals surface area contributed by atoms with E-state index in [1.54, 1.807) is 30.3 Å². The van der Waals surface area contributed by atoms with Crippen LogP contribution in [0.3, 0.4) is 0 Å². The Hall–Kier alpha value is -2.35. The molecule has 0 unspecified atom stereocenters. The highest BCUT2D eigenvalue weighted by Crippen LogP contribution is 2.03. The fraction of sp³-hybridized carbons (Fsp3) is 0.308. The van der Waals surface area contributed by atoms with Gasteiger partial charge in [-0.25, -0.2) is 0 Å². The average Bonchev–Trinajstić information content (AvgIpc) is 2.38. The van der Waals surface area contributed by atoms with Crippen LogP contribution in [0.25, 0.3) is 0 Å². The summed E-state index contributed by atoms with van der Waals surface area (Å²) in [5, 5.41) is 11.0. The fourth-order valence-corrected chi connectivity index (χ4v) is 1.50. The molecule has 0 aliphatic heterocycles. The van der Waals surface area contributed by atoms with E-state index in [4.69, 9.17) is 11.0 Å². The van der Waals surface area contributed by atoms with Crippen molar-refractivity contribution in [2.24, 2.45) is 5.73 Å². The summed E-state index contributed by atoms with van der Waals surface area (Å²) in [4.78, 5) is 23.0. The summed E-state index contributed by atoms with van der Waals surface area (Å²) in [6.45, 7) is 0. The van der Waals surface area contributed by atoms with E-state index in [-0.39, 0.29) is 5.91 Å². The molecule has 1 aromatic carbocycles. The summed E-state index contributed by atoms with van der Waals surface area (Å²) in [5.74, 6) is -0.923. The molecule has 2 amide bonds. The van der Waals surface area contributed by atoms with E-state index in [0.29, 0.717) is 24.8 Å². The summed E-state index contributed by atoms with van der Waals surface area (Å²) < 4.78 is 0. The summed E-state index contributed by atoms with van der Waals surface area (Å²) in [7, 11) is 0. The first kappa shape index (κ1) is 13.7. The van der Waals surface area contributed by atoms with Gasteiger partial charge in [0.2, 0.25) is 5.91 Å². The first-order valence-electron chi connectivity index (χ1n) is 5.67. The molecule has 0 saturated carbocycles. The van der Waals surface area contributed by atoms with Gasteiger partial charge in [-0.15, -0.1) is 0 Å². The van der Waals surface area contributed by atoms with Crippen molar-refractivity contribution in [1.82, 2.24) is 5.32 Å². The van der Waals surface area contributed by atoms with Crippen LogP contribution >= 0.6 is 0 Å². The number of nitrogens with one attached hydrogen (secondary N) is 1. The summed E-state index contributed by atoms with van der Waals surface area (Å²) >= 11 is 0. The van der Waals surface area contributed by atoms with Crippen molar-refractivity contribution in [1.29, 1.82) is 5.26 Å². The standard InChI is InChI=1S/C13H15N3O2/c14-9-5-4-8-11(12(15)17)16-13(18)10-6-2-1-3-7-10/h1-3,6-7,11H,4-5,8H2,(H2,15,17)(H,16,18)/t11-/m0/s1. The van der Waals surface area contributed by atoms with Crippen LogP contribution in [0, 0.1) is 11.3 Å². The number of rotatable bonds is 6. The second-order valence-corrected chi connectivity index (χ2v) is 3.84. The first-order valence-corrected chi connectivity index (χ1v) is 5.67. The number of nitriles is 1. The minimum atomic E-state index is -0.731. The van der Waals surface area contributed by atoms with Crippen molar-refractivity contribution < 1.29 is 9.59 Å². The molecule has 1 rings (SSSR count). The van der Waals surface area contributed by atoms with Crippen molar-refractivity contribution >= 4 is 11.8 Å². The van der Waals surface area contributed by atoms with Crippen LogP contribution < -0.4 is 11.1 Å². The zero-order valence-electron chi connectivity index (χ0n) is 9.93. The van der Waals surface area contributed by atoms with Gasteiger partial charge < -0.3 is 11.1 Å². The quantitative estimate of drug-likeness (QED) is 0.731. The zero-order valence-corrected chi connectivity index (χ0v) is 9.93. The minimum Gasteiger partial charge on any atom is -0.368 e. The lowest BCUT2D eigenvalue weighted by Crippen LogP contribution is -2.44. The molecule has 1 aromatic rings. The maximum absolute atomic E-state index is 11.8. The van der Waals surface area contributed by atoms with Gasteiger partial charge in [0, 0.05) is 12.0 Å². The normalized spacial score (nSPS) is 11.3. The topological polar surface area (TPSA) is 96.0 Å². The van der Waals surface area contributed by atoms with E-state index in [0.717, 1.165) is 0 Å². The van der Waals surface area contributed by atoms with Crippen molar-refractivity contribution in [3.05, 3.63) is 35.9 Å². The Balaban J connectivity index is 2.59. The van der Waals surface area contributed by atoms with Crippen LogP contribution in [0.4, 0.5) is 0 Å². The van der Waals surface area contributed by atoms with Crippen LogP contribution in [0.2, 0.25) is 0 Å². The van der Waals surface area contributed by atoms with Gasteiger partial charge in [0.1, 0.15) is 6.04 Å². The third kappa shape index (κ3) is 4.26. The summed E-state index contributed by atoms with van der Waals surface area (Å²) in [5.41, 5.74) is 5.68. The van der Waals surface area contributed by atoms with Crippen molar-refractivity contribution in [2.45, 2.75) is 25.3 Å². The molecule has 5 heteroatoms. The molecule has 0 aliphatic rings. The molecular weight excluding hydrogens is 230 g/mol. The Morgan fingerprint density at radius 1 is 1.33 bits per heavy atom. The highest BCUT2D eigenvalue weighted by molar-refractivity contribution is 5.97.